The van der Waals surface area contributed by atoms with Gasteiger partial charge in [0.15, 0.2) is 6.10 Å². The molecule has 55 heavy (non-hydrogen) atoms. The Morgan fingerprint density at radius 1 is 0.527 bits per heavy atom. The lowest BCUT2D eigenvalue weighted by Crippen LogP contribution is -2.49. The molecule has 0 bridgehead atoms. The minimum atomic E-state index is -4.09. The molecule has 0 fully saturated rings. The summed E-state index contributed by atoms with van der Waals surface area (Å²) in [5, 5.41) is 0. The minimum absolute atomic E-state index is 0.000446. The number of carbonyl (C=O) groups is 2. The average Bonchev–Trinajstić information content (AvgIpc) is 3.13. The Morgan fingerprint density at radius 2 is 0.873 bits per heavy atom. The van der Waals surface area contributed by atoms with Crippen molar-refractivity contribution in [3.8, 4) is 0 Å². The van der Waals surface area contributed by atoms with Crippen molar-refractivity contribution in [3.63, 3.8) is 0 Å². The molecule has 0 rings (SSSR count). The number of esters is 2. The van der Waals surface area contributed by atoms with Crippen LogP contribution in [0.4, 0.5) is 0 Å². The molecule has 0 saturated carbocycles. The summed E-state index contributed by atoms with van der Waals surface area (Å²) < 4.78 is 33.7. The molecule has 9 nitrogen and oxygen atoms in total. The molecule has 0 aromatic carbocycles. The van der Waals surface area contributed by atoms with Gasteiger partial charge in [0.25, 0.3) is 0 Å². The first kappa shape index (κ1) is 54.0. The van der Waals surface area contributed by atoms with E-state index in [1.807, 2.05) is 14.1 Å². The summed E-state index contributed by atoms with van der Waals surface area (Å²) in [6.07, 6.45) is 38.2. The highest BCUT2D eigenvalue weighted by molar-refractivity contribution is 7.47. The van der Waals surface area contributed by atoms with Crippen molar-refractivity contribution < 1.29 is 42.1 Å². The van der Waals surface area contributed by atoms with E-state index in [9.17, 15) is 19.0 Å². The SMILES string of the molecule is CCCCCCCCCCCCCCCCCC(=O)OCC(C[N+](C)(C)CCOP(=O)(O)OCC)OC(=O)CCCCCCCCCCCCCCCCC. The molecule has 2 atom stereocenters. The summed E-state index contributed by atoms with van der Waals surface area (Å²) >= 11 is 0. The highest BCUT2D eigenvalue weighted by atomic mass is 31.2. The zero-order valence-corrected chi connectivity index (χ0v) is 37.8. The summed E-state index contributed by atoms with van der Waals surface area (Å²) in [7, 11) is -0.234. The number of unbranched alkanes of at least 4 members (excludes halogenated alkanes) is 28. The molecule has 0 aliphatic heterocycles. The summed E-state index contributed by atoms with van der Waals surface area (Å²) in [6, 6.07) is 0. The number of ether oxygens (including phenoxy) is 2. The third kappa shape index (κ3) is 39.6. The second kappa shape index (κ2) is 38.5. The number of likely N-dealkylation sites (N-methyl/N-ethyl adjacent to an activating group) is 1. The van der Waals surface area contributed by atoms with Crippen LogP contribution in [0, 0.1) is 0 Å². The molecule has 0 aliphatic carbocycles. The van der Waals surface area contributed by atoms with Crippen LogP contribution in [0.1, 0.15) is 226 Å². The summed E-state index contributed by atoms with van der Waals surface area (Å²) in [5.74, 6) is -0.532. The van der Waals surface area contributed by atoms with E-state index < -0.39 is 13.9 Å². The normalized spacial score (nSPS) is 13.5. The Hall–Kier alpha value is -0.990. The van der Waals surface area contributed by atoms with Crippen LogP contribution in [0.5, 0.6) is 0 Å². The molecule has 0 heterocycles. The van der Waals surface area contributed by atoms with E-state index >= 15 is 0 Å². The highest BCUT2D eigenvalue weighted by Crippen LogP contribution is 2.42. The maximum absolute atomic E-state index is 12.9. The maximum atomic E-state index is 12.9. The average molecular weight is 805 g/mol. The number of quaternary nitrogens is 1. The summed E-state index contributed by atoms with van der Waals surface area (Å²) in [4.78, 5) is 35.3. The predicted molar refractivity (Wildman–Crippen MR) is 229 cm³/mol. The molecule has 0 aromatic rings. The van der Waals surface area contributed by atoms with Crippen LogP contribution in [-0.2, 0) is 32.7 Å². The zero-order valence-electron chi connectivity index (χ0n) is 36.9. The van der Waals surface area contributed by atoms with Crippen molar-refractivity contribution in [1.29, 1.82) is 0 Å². The van der Waals surface area contributed by atoms with E-state index in [4.69, 9.17) is 18.5 Å². The Kier molecular flexibility index (Phi) is 37.8. The molecule has 0 aromatic heterocycles. The first-order chi connectivity index (χ1) is 26.5. The third-order valence-electron chi connectivity index (χ3n) is 10.6. The lowest BCUT2D eigenvalue weighted by molar-refractivity contribution is -0.893. The standard InChI is InChI=1S/C45H90NO8P/c1-6-9-11-13-15-17-19-21-23-25-27-29-31-33-35-37-44(47)51-42-43(41-46(4,5)39-40-53-55(49,50)52-8-3)54-45(48)38-36-34-32-30-28-26-24-22-20-18-16-14-12-10-7-2/h43H,6-42H2,1-5H3/p+1. The van der Waals surface area contributed by atoms with Crippen molar-refractivity contribution in [2.24, 2.45) is 0 Å². The number of nitrogens with zero attached hydrogens (tertiary/aromatic N) is 1. The van der Waals surface area contributed by atoms with Gasteiger partial charge in [0, 0.05) is 12.8 Å². The van der Waals surface area contributed by atoms with E-state index in [1.54, 1.807) is 6.92 Å². The fraction of sp³-hybridized carbons (Fsp3) is 0.956. The largest absolute Gasteiger partial charge is 0.472 e. The van der Waals surface area contributed by atoms with E-state index in [2.05, 4.69) is 13.8 Å². The van der Waals surface area contributed by atoms with Gasteiger partial charge in [-0.05, 0) is 19.8 Å². The van der Waals surface area contributed by atoms with Crippen LogP contribution >= 0.6 is 7.82 Å². The molecule has 2 unspecified atom stereocenters. The van der Waals surface area contributed by atoms with Crippen LogP contribution in [0.2, 0.25) is 0 Å². The molecule has 0 amide bonds. The number of phosphoric acid groups is 1. The van der Waals surface area contributed by atoms with Crippen molar-refractivity contribution in [2.45, 2.75) is 232 Å². The van der Waals surface area contributed by atoms with E-state index in [0.29, 0.717) is 30.4 Å². The van der Waals surface area contributed by atoms with Gasteiger partial charge in [-0.15, -0.1) is 0 Å². The van der Waals surface area contributed by atoms with Crippen LogP contribution in [0.15, 0.2) is 0 Å². The monoisotopic (exact) mass is 805 g/mol. The first-order valence-electron chi connectivity index (χ1n) is 23.3. The lowest BCUT2D eigenvalue weighted by atomic mass is 10.0. The van der Waals surface area contributed by atoms with E-state index in [0.717, 1.165) is 38.5 Å². The molecule has 1 N–H and O–H groups in total. The second-order valence-corrected chi connectivity index (χ2v) is 18.2. The topological polar surface area (TPSA) is 108 Å². The fourth-order valence-corrected chi connectivity index (χ4v) is 7.87. The van der Waals surface area contributed by atoms with Gasteiger partial charge in [-0.2, -0.15) is 0 Å². The van der Waals surface area contributed by atoms with Gasteiger partial charge in [-0.25, -0.2) is 4.57 Å². The van der Waals surface area contributed by atoms with Gasteiger partial charge < -0.3 is 18.9 Å². The zero-order chi connectivity index (χ0) is 40.7. The first-order valence-corrected chi connectivity index (χ1v) is 24.8. The molecular formula is C45H91NO8P+. The summed E-state index contributed by atoms with van der Waals surface area (Å²) in [6.45, 7) is 7.01. The van der Waals surface area contributed by atoms with Crippen LogP contribution in [-0.4, -0.2) is 74.4 Å². The fourth-order valence-electron chi connectivity index (χ4n) is 7.15. The van der Waals surface area contributed by atoms with Gasteiger partial charge in [0.1, 0.15) is 26.3 Å². The number of carbonyl (C=O) groups excluding carboxylic acids is 2. The van der Waals surface area contributed by atoms with Crippen LogP contribution in [0.25, 0.3) is 0 Å². The Morgan fingerprint density at radius 3 is 1.24 bits per heavy atom. The number of rotatable bonds is 43. The molecule has 0 spiro atoms. The molecule has 10 heteroatoms. The number of phosphoric ester groups is 1. The molecule has 328 valence electrons. The maximum Gasteiger partial charge on any atom is 0.472 e. The van der Waals surface area contributed by atoms with Crippen molar-refractivity contribution in [3.05, 3.63) is 0 Å². The van der Waals surface area contributed by atoms with Crippen LogP contribution < -0.4 is 0 Å². The Balaban J connectivity index is 4.39. The lowest BCUT2D eigenvalue weighted by Gasteiger charge is -2.33. The van der Waals surface area contributed by atoms with Crippen molar-refractivity contribution in [2.75, 3.05) is 47.0 Å². The minimum Gasteiger partial charge on any atom is -0.461 e. The van der Waals surface area contributed by atoms with E-state index in [-0.39, 0.29) is 31.8 Å². The molecule has 0 aliphatic rings. The van der Waals surface area contributed by atoms with Gasteiger partial charge in [0.2, 0.25) is 0 Å². The number of hydrogen-bond donors (Lipinski definition) is 1. The smallest absolute Gasteiger partial charge is 0.461 e. The van der Waals surface area contributed by atoms with Gasteiger partial charge in [-0.3, -0.25) is 18.6 Å². The van der Waals surface area contributed by atoms with Gasteiger partial charge in [-0.1, -0.05) is 194 Å². The van der Waals surface area contributed by atoms with Gasteiger partial charge in [0.05, 0.1) is 20.7 Å². The second-order valence-electron chi connectivity index (χ2n) is 16.8. The highest BCUT2D eigenvalue weighted by Gasteiger charge is 2.28. The Bertz CT molecular complexity index is 917. The van der Waals surface area contributed by atoms with Crippen LogP contribution in [0.3, 0.4) is 0 Å². The summed E-state index contributed by atoms with van der Waals surface area (Å²) in [5.41, 5.74) is 0. The third-order valence-corrected chi connectivity index (χ3v) is 11.7. The Labute approximate surface area is 340 Å². The quantitative estimate of drug-likeness (QED) is 0.0281. The molecular weight excluding hydrogens is 713 g/mol. The molecule has 0 saturated heterocycles. The number of hydrogen-bond acceptors (Lipinski definition) is 7. The van der Waals surface area contributed by atoms with Gasteiger partial charge >= 0.3 is 19.8 Å². The van der Waals surface area contributed by atoms with Crippen molar-refractivity contribution in [1.82, 2.24) is 0 Å². The van der Waals surface area contributed by atoms with Crippen molar-refractivity contribution >= 4 is 19.8 Å². The van der Waals surface area contributed by atoms with E-state index in [1.165, 1.54) is 154 Å². The predicted octanol–water partition coefficient (Wildman–Crippen LogP) is 13.2. The molecule has 0 radical (unpaired) electrons.